The maximum atomic E-state index is 11.3. The van der Waals surface area contributed by atoms with Crippen molar-refractivity contribution >= 4 is 23.9 Å². The average molecular weight is 188 g/mol. The molecule has 2 rings (SSSR count). The van der Waals surface area contributed by atoms with Gasteiger partial charge in [-0.3, -0.25) is 9.59 Å². The van der Waals surface area contributed by atoms with Gasteiger partial charge >= 0.3 is 5.97 Å². The monoisotopic (exact) mass is 188 g/mol. The Morgan fingerprint density at radius 3 is 2.50 bits per heavy atom. The first-order chi connectivity index (χ1) is 6.68. The lowest BCUT2D eigenvalue weighted by Gasteiger charge is -2.07. The highest BCUT2D eigenvalue weighted by Gasteiger charge is 2.23. The summed E-state index contributed by atoms with van der Waals surface area (Å²) in [4.78, 5) is 22.0. The molecule has 3 heteroatoms. The summed E-state index contributed by atoms with van der Waals surface area (Å²) in [6.07, 6.45) is 2.87. The minimum Gasteiger partial charge on any atom is -0.480 e. The molecule has 3 nitrogen and oxygen atoms in total. The molecule has 0 spiro atoms. The molecule has 14 heavy (non-hydrogen) atoms. The van der Waals surface area contributed by atoms with Gasteiger partial charge in [0.15, 0.2) is 5.78 Å². The van der Waals surface area contributed by atoms with Crippen LogP contribution in [0.1, 0.15) is 0 Å². The van der Waals surface area contributed by atoms with Crippen LogP contribution in [-0.2, 0) is 9.59 Å². The first-order valence-corrected chi connectivity index (χ1v) is 4.24. The number of carbonyl (C=O) groups is 2. The fourth-order valence-corrected chi connectivity index (χ4v) is 1.49. The lowest BCUT2D eigenvalue weighted by molar-refractivity contribution is -0.142. The summed E-state index contributed by atoms with van der Waals surface area (Å²) in [7, 11) is 0. The normalized spacial score (nSPS) is 19.1. The van der Waals surface area contributed by atoms with Crippen molar-refractivity contribution in [2.24, 2.45) is 5.92 Å². The lowest BCUT2D eigenvalue weighted by Crippen LogP contribution is -2.35. The van der Waals surface area contributed by atoms with Crippen molar-refractivity contribution in [2.75, 3.05) is 0 Å². The van der Waals surface area contributed by atoms with Crippen LogP contribution >= 0.6 is 0 Å². The van der Waals surface area contributed by atoms with Gasteiger partial charge in [0.1, 0.15) is 5.92 Å². The fourth-order valence-electron chi connectivity index (χ4n) is 1.49. The Labute approximate surface area is 80.0 Å². The van der Waals surface area contributed by atoms with Crippen LogP contribution < -0.4 is 10.4 Å². The molecule has 0 heterocycles. The summed E-state index contributed by atoms with van der Waals surface area (Å²) in [5, 5.41) is 10.4. The van der Waals surface area contributed by atoms with Crippen molar-refractivity contribution in [2.45, 2.75) is 0 Å². The molecule has 1 N–H and O–H groups in total. The van der Waals surface area contributed by atoms with Crippen molar-refractivity contribution in [1.82, 2.24) is 0 Å². The molecule has 1 aromatic carbocycles. The van der Waals surface area contributed by atoms with E-state index in [1.807, 2.05) is 12.1 Å². The van der Waals surface area contributed by atoms with E-state index in [4.69, 9.17) is 5.11 Å². The number of hydrogen-bond acceptors (Lipinski definition) is 2. The Bertz CT molecular complexity index is 514. The van der Waals surface area contributed by atoms with Gasteiger partial charge in [-0.05, 0) is 16.5 Å². The van der Waals surface area contributed by atoms with Gasteiger partial charge in [0.25, 0.3) is 0 Å². The van der Waals surface area contributed by atoms with Gasteiger partial charge in [-0.1, -0.05) is 30.3 Å². The Hall–Kier alpha value is -1.90. The zero-order valence-corrected chi connectivity index (χ0v) is 7.31. The van der Waals surface area contributed by atoms with Crippen LogP contribution in [0.4, 0.5) is 0 Å². The highest BCUT2D eigenvalue weighted by molar-refractivity contribution is 6.19. The summed E-state index contributed by atoms with van der Waals surface area (Å²) < 4.78 is 0. The fraction of sp³-hybridized carbons (Fsp3) is 0.0909. The van der Waals surface area contributed by atoms with Gasteiger partial charge < -0.3 is 5.11 Å². The SMILES string of the molecule is O=C(O)C1C=c2ccccc2=CC1=O. The minimum atomic E-state index is -1.10. The molecule has 70 valence electrons. The first kappa shape index (κ1) is 8.69. The quantitative estimate of drug-likeness (QED) is 0.606. The van der Waals surface area contributed by atoms with E-state index in [1.165, 1.54) is 12.2 Å². The molecule has 1 aliphatic rings. The third-order valence-corrected chi connectivity index (χ3v) is 2.21. The first-order valence-electron chi connectivity index (χ1n) is 4.24. The summed E-state index contributed by atoms with van der Waals surface area (Å²) in [5.74, 6) is -2.48. The Kier molecular flexibility index (Phi) is 1.93. The van der Waals surface area contributed by atoms with E-state index in [-0.39, 0.29) is 5.78 Å². The van der Waals surface area contributed by atoms with E-state index < -0.39 is 11.9 Å². The van der Waals surface area contributed by atoms with Crippen molar-refractivity contribution in [3.05, 3.63) is 34.7 Å². The third kappa shape index (κ3) is 1.33. The average Bonchev–Trinajstić information content (AvgIpc) is 2.16. The van der Waals surface area contributed by atoms with Crippen LogP contribution in [0.25, 0.3) is 12.2 Å². The molecule has 0 fully saturated rings. The van der Waals surface area contributed by atoms with E-state index in [0.717, 1.165) is 10.4 Å². The van der Waals surface area contributed by atoms with Crippen molar-refractivity contribution < 1.29 is 14.7 Å². The molecule has 1 unspecified atom stereocenters. The summed E-state index contributed by atoms with van der Waals surface area (Å²) in [6, 6.07) is 7.23. The maximum absolute atomic E-state index is 11.3. The van der Waals surface area contributed by atoms with Gasteiger partial charge in [-0.2, -0.15) is 0 Å². The zero-order valence-electron chi connectivity index (χ0n) is 7.31. The number of ketones is 1. The molecule has 1 aliphatic carbocycles. The number of hydrogen-bond donors (Lipinski definition) is 1. The van der Waals surface area contributed by atoms with E-state index in [0.29, 0.717) is 0 Å². The Morgan fingerprint density at radius 2 is 1.86 bits per heavy atom. The number of rotatable bonds is 1. The molecule has 0 aliphatic heterocycles. The van der Waals surface area contributed by atoms with E-state index >= 15 is 0 Å². The molecular formula is C11H8O3. The number of Topliss-reactive ketones (excluding diaryl/α,β-unsaturated/α-hetero) is 1. The van der Waals surface area contributed by atoms with Crippen LogP contribution in [0, 0.1) is 5.92 Å². The third-order valence-electron chi connectivity index (χ3n) is 2.21. The molecule has 0 radical (unpaired) electrons. The van der Waals surface area contributed by atoms with E-state index in [1.54, 1.807) is 12.1 Å². The second kappa shape index (κ2) is 3.10. The van der Waals surface area contributed by atoms with Gasteiger partial charge in [0, 0.05) is 0 Å². The summed E-state index contributed by atoms with van der Waals surface area (Å²) in [6.45, 7) is 0. The largest absolute Gasteiger partial charge is 0.480 e. The summed E-state index contributed by atoms with van der Waals surface area (Å²) in [5.41, 5.74) is 0. The molecule has 0 bridgehead atoms. The molecular weight excluding hydrogens is 180 g/mol. The van der Waals surface area contributed by atoms with Crippen molar-refractivity contribution in [1.29, 1.82) is 0 Å². The maximum Gasteiger partial charge on any atom is 0.318 e. The predicted molar refractivity (Wildman–Crippen MR) is 50.8 cm³/mol. The van der Waals surface area contributed by atoms with Crippen molar-refractivity contribution in [3.63, 3.8) is 0 Å². The van der Waals surface area contributed by atoms with Crippen LogP contribution in [0.3, 0.4) is 0 Å². The van der Waals surface area contributed by atoms with Crippen LogP contribution in [0.5, 0.6) is 0 Å². The Morgan fingerprint density at radius 1 is 1.21 bits per heavy atom. The second-order valence-electron chi connectivity index (χ2n) is 3.16. The molecule has 1 atom stereocenters. The predicted octanol–water partition coefficient (Wildman–Crippen LogP) is -0.469. The zero-order chi connectivity index (χ0) is 10.1. The number of fused-ring (bicyclic) bond motifs is 1. The number of carbonyl (C=O) groups excluding carboxylic acids is 1. The molecule has 0 saturated carbocycles. The molecule has 0 aromatic heterocycles. The molecule has 1 aromatic rings. The van der Waals surface area contributed by atoms with Gasteiger partial charge in [0.2, 0.25) is 0 Å². The second-order valence-corrected chi connectivity index (χ2v) is 3.16. The smallest absolute Gasteiger partial charge is 0.318 e. The number of aliphatic carboxylic acids is 1. The number of carboxylic acid groups (broad SMARTS) is 1. The Balaban J connectivity index is 2.67. The van der Waals surface area contributed by atoms with Crippen molar-refractivity contribution in [3.8, 4) is 0 Å². The summed E-state index contributed by atoms with van der Waals surface area (Å²) >= 11 is 0. The van der Waals surface area contributed by atoms with E-state index in [2.05, 4.69) is 0 Å². The van der Waals surface area contributed by atoms with Gasteiger partial charge in [-0.25, -0.2) is 0 Å². The lowest BCUT2D eigenvalue weighted by atomic mass is 9.96. The van der Waals surface area contributed by atoms with Gasteiger partial charge in [0.05, 0.1) is 0 Å². The number of carboxylic acids is 1. The topological polar surface area (TPSA) is 54.4 Å². The molecule has 0 amide bonds. The highest BCUT2D eigenvalue weighted by atomic mass is 16.4. The van der Waals surface area contributed by atoms with Crippen LogP contribution in [0.2, 0.25) is 0 Å². The molecule has 0 saturated heterocycles. The highest BCUT2D eigenvalue weighted by Crippen LogP contribution is 2.04. The standard InChI is InChI=1S/C11H8O3/c12-10-6-8-4-2-1-3-7(8)5-9(10)11(13)14/h1-6,9H,(H,13,14). The van der Waals surface area contributed by atoms with Gasteiger partial charge in [-0.15, -0.1) is 0 Å². The van der Waals surface area contributed by atoms with E-state index in [9.17, 15) is 9.59 Å². The number of benzene rings is 1. The van der Waals surface area contributed by atoms with Crippen LogP contribution in [-0.4, -0.2) is 16.9 Å². The minimum absolute atomic E-state index is 0.365. The van der Waals surface area contributed by atoms with Crippen LogP contribution in [0.15, 0.2) is 24.3 Å².